The van der Waals surface area contributed by atoms with Crippen molar-refractivity contribution in [3.63, 3.8) is 0 Å². The van der Waals surface area contributed by atoms with Crippen molar-refractivity contribution in [1.29, 1.82) is 0 Å². The van der Waals surface area contributed by atoms with Gasteiger partial charge >= 0.3 is 6.09 Å². The predicted octanol–water partition coefficient (Wildman–Crippen LogP) is 2.59. The van der Waals surface area contributed by atoms with Gasteiger partial charge < -0.3 is 20.5 Å². The first-order valence-corrected chi connectivity index (χ1v) is 7.69. The normalized spacial score (nSPS) is 12.4. The van der Waals surface area contributed by atoms with E-state index in [1.165, 1.54) is 0 Å². The van der Waals surface area contributed by atoms with Crippen molar-refractivity contribution in [1.82, 2.24) is 5.32 Å². The lowest BCUT2D eigenvalue weighted by Crippen LogP contribution is -2.44. The summed E-state index contributed by atoms with van der Waals surface area (Å²) >= 11 is 0. The van der Waals surface area contributed by atoms with Crippen molar-refractivity contribution < 1.29 is 19.4 Å². The van der Waals surface area contributed by atoms with Crippen LogP contribution in [0.3, 0.4) is 0 Å². The second-order valence-corrected chi connectivity index (χ2v) is 6.36. The van der Waals surface area contributed by atoms with Gasteiger partial charge in [-0.1, -0.05) is 19.1 Å². The monoisotopic (exact) mass is 322 g/mol. The fourth-order valence-electron chi connectivity index (χ4n) is 1.95. The number of hydrogen-bond donors (Lipinski definition) is 3. The first-order valence-electron chi connectivity index (χ1n) is 7.69. The molecule has 0 spiro atoms. The minimum absolute atomic E-state index is 0.0438. The van der Waals surface area contributed by atoms with E-state index in [2.05, 4.69) is 10.6 Å². The van der Waals surface area contributed by atoms with Gasteiger partial charge in [0.1, 0.15) is 11.6 Å². The van der Waals surface area contributed by atoms with Crippen LogP contribution in [0.4, 0.5) is 10.5 Å². The molecule has 0 heterocycles. The summed E-state index contributed by atoms with van der Waals surface area (Å²) in [5.74, 6) is -0.331. The maximum absolute atomic E-state index is 12.2. The molecule has 1 aromatic rings. The van der Waals surface area contributed by atoms with Gasteiger partial charge in [0.2, 0.25) is 5.91 Å². The van der Waals surface area contributed by atoms with Crippen molar-refractivity contribution >= 4 is 17.7 Å². The van der Waals surface area contributed by atoms with Crippen molar-refractivity contribution in [2.24, 2.45) is 0 Å². The topological polar surface area (TPSA) is 87.7 Å². The van der Waals surface area contributed by atoms with Crippen LogP contribution in [0.25, 0.3) is 0 Å². The van der Waals surface area contributed by atoms with Gasteiger partial charge in [-0.3, -0.25) is 4.79 Å². The fraction of sp³-hybridized carbons (Fsp3) is 0.529. The number of ether oxygens (including phenoxy) is 1. The molecule has 0 aliphatic heterocycles. The van der Waals surface area contributed by atoms with Crippen LogP contribution < -0.4 is 10.6 Å². The molecule has 0 aliphatic rings. The zero-order valence-electron chi connectivity index (χ0n) is 14.4. The number of nitrogens with one attached hydrogen (secondary N) is 2. The minimum atomic E-state index is -0.730. The number of hydrogen-bond acceptors (Lipinski definition) is 4. The lowest BCUT2D eigenvalue weighted by molar-refractivity contribution is -0.117. The van der Waals surface area contributed by atoms with Crippen molar-refractivity contribution in [2.75, 3.05) is 5.32 Å². The lowest BCUT2D eigenvalue weighted by atomic mass is 10.1. The van der Waals surface area contributed by atoms with Crippen molar-refractivity contribution in [2.45, 2.75) is 59.3 Å². The first kappa shape index (κ1) is 19.0. The highest BCUT2D eigenvalue weighted by Gasteiger charge is 2.21. The molecule has 0 aliphatic carbocycles. The quantitative estimate of drug-likeness (QED) is 0.777. The fourth-order valence-corrected chi connectivity index (χ4v) is 1.95. The van der Waals surface area contributed by atoms with Crippen LogP contribution in [0.5, 0.6) is 0 Å². The molecule has 6 heteroatoms. The Hall–Kier alpha value is -2.08. The van der Waals surface area contributed by atoms with E-state index in [0.29, 0.717) is 5.69 Å². The van der Waals surface area contributed by atoms with E-state index < -0.39 is 17.7 Å². The molecule has 1 atom stereocenters. The molecule has 128 valence electrons. The zero-order valence-corrected chi connectivity index (χ0v) is 14.4. The van der Waals surface area contributed by atoms with Gasteiger partial charge in [0.15, 0.2) is 0 Å². The predicted molar refractivity (Wildman–Crippen MR) is 89.2 cm³/mol. The molecule has 0 unspecified atom stereocenters. The molecule has 3 N–H and O–H groups in total. The Labute approximate surface area is 137 Å². The number of aryl methyl sites for hydroxylation is 1. The SMILES string of the molecule is CCc1cc(CO)ccc1NC(=O)[C@H](C)NC(=O)OC(C)(C)C. The summed E-state index contributed by atoms with van der Waals surface area (Å²) in [4.78, 5) is 23.9. The summed E-state index contributed by atoms with van der Waals surface area (Å²) in [6.45, 7) is 8.79. The van der Waals surface area contributed by atoms with Crippen LogP contribution in [0.1, 0.15) is 45.7 Å². The van der Waals surface area contributed by atoms with E-state index in [-0.39, 0.29) is 12.5 Å². The highest BCUT2D eigenvalue weighted by molar-refractivity contribution is 5.96. The molecule has 0 saturated heterocycles. The van der Waals surface area contributed by atoms with E-state index in [0.717, 1.165) is 17.5 Å². The number of alkyl carbamates (subject to hydrolysis) is 1. The Kier molecular flexibility index (Phi) is 6.57. The molecule has 0 saturated carbocycles. The summed E-state index contributed by atoms with van der Waals surface area (Å²) in [5, 5.41) is 14.5. The van der Waals surface area contributed by atoms with E-state index in [4.69, 9.17) is 9.84 Å². The van der Waals surface area contributed by atoms with Crippen LogP contribution in [-0.2, 0) is 22.6 Å². The number of benzene rings is 1. The third kappa shape index (κ3) is 6.28. The molecule has 2 amide bonds. The minimum Gasteiger partial charge on any atom is -0.444 e. The second-order valence-electron chi connectivity index (χ2n) is 6.36. The smallest absolute Gasteiger partial charge is 0.408 e. The Morgan fingerprint density at radius 3 is 2.48 bits per heavy atom. The van der Waals surface area contributed by atoms with Crippen LogP contribution >= 0.6 is 0 Å². The van der Waals surface area contributed by atoms with Gasteiger partial charge in [0.25, 0.3) is 0 Å². The molecule has 6 nitrogen and oxygen atoms in total. The first-order chi connectivity index (χ1) is 10.7. The number of rotatable bonds is 5. The molecule has 0 radical (unpaired) electrons. The van der Waals surface area contributed by atoms with Gasteiger partial charge in [-0.05, 0) is 51.3 Å². The molecular formula is C17H26N2O4. The molecule has 0 fully saturated rings. The number of amides is 2. The zero-order chi connectivity index (χ0) is 17.6. The molecule has 0 aromatic heterocycles. The van der Waals surface area contributed by atoms with Crippen molar-refractivity contribution in [3.8, 4) is 0 Å². The maximum Gasteiger partial charge on any atom is 0.408 e. The number of carbonyl (C=O) groups excluding carboxylic acids is 2. The van der Waals surface area contributed by atoms with Gasteiger partial charge in [0, 0.05) is 5.69 Å². The highest BCUT2D eigenvalue weighted by Crippen LogP contribution is 2.18. The van der Waals surface area contributed by atoms with Gasteiger partial charge in [-0.2, -0.15) is 0 Å². The van der Waals surface area contributed by atoms with Gasteiger partial charge in [-0.15, -0.1) is 0 Å². The number of carbonyl (C=O) groups is 2. The van der Waals surface area contributed by atoms with E-state index in [1.807, 2.05) is 13.0 Å². The summed E-state index contributed by atoms with van der Waals surface area (Å²) < 4.78 is 5.13. The summed E-state index contributed by atoms with van der Waals surface area (Å²) in [6, 6.07) is 4.62. The van der Waals surface area contributed by atoms with Crippen molar-refractivity contribution in [3.05, 3.63) is 29.3 Å². The summed E-state index contributed by atoms with van der Waals surface area (Å²) in [7, 11) is 0. The Morgan fingerprint density at radius 2 is 1.96 bits per heavy atom. The second kappa shape index (κ2) is 7.97. The van der Waals surface area contributed by atoms with Gasteiger partial charge in [0.05, 0.1) is 6.61 Å². The Balaban J connectivity index is 2.70. The summed E-state index contributed by atoms with van der Waals surface area (Å²) in [5.41, 5.74) is 1.78. The van der Waals surface area contributed by atoms with E-state index >= 15 is 0 Å². The largest absolute Gasteiger partial charge is 0.444 e. The third-order valence-corrected chi connectivity index (χ3v) is 3.12. The highest BCUT2D eigenvalue weighted by atomic mass is 16.6. The van der Waals surface area contributed by atoms with Gasteiger partial charge in [-0.25, -0.2) is 4.79 Å². The number of anilines is 1. The van der Waals surface area contributed by atoms with Crippen LogP contribution in [0, 0.1) is 0 Å². The van der Waals surface area contributed by atoms with E-state index in [9.17, 15) is 9.59 Å². The standard InChI is InChI=1S/C17H26N2O4/c1-6-13-9-12(10-20)7-8-14(13)19-15(21)11(2)18-16(22)23-17(3,4)5/h7-9,11,20H,6,10H2,1-5H3,(H,18,22)(H,19,21)/t11-/m0/s1. The lowest BCUT2D eigenvalue weighted by Gasteiger charge is -2.22. The molecule has 23 heavy (non-hydrogen) atoms. The number of aliphatic hydroxyl groups excluding tert-OH is 1. The molecule has 1 rings (SSSR count). The Morgan fingerprint density at radius 1 is 1.30 bits per heavy atom. The maximum atomic E-state index is 12.2. The molecule has 0 bridgehead atoms. The Bertz CT molecular complexity index is 564. The molecular weight excluding hydrogens is 296 g/mol. The molecule has 1 aromatic carbocycles. The average Bonchev–Trinajstić information content (AvgIpc) is 2.45. The van der Waals surface area contributed by atoms with E-state index in [1.54, 1.807) is 39.8 Å². The average molecular weight is 322 g/mol. The van der Waals surface area contributed by atoms with Crippen LogP contribution in [-0.4, -0.2) is 28.7 Å². The number of aliphatic hydroxyl groups is 1. The third-order valence-electron chi connectivity index (χ3n) is 3.12. The van der Waals surface area contributed by atoms with Crippen LogP contribution in [0.2, 0.25) is 0 Å². The summed E-state index contributed by atoms with van der Waals surface area (Å²) in [6.07, 6.45) is 0.0867. The van der Waals surface area contributed by atoms with Crippen LogP contribution in [0.15, 0.2) is 18.2 Å².